The monoisotopic (exact) mass is 458 g/mol. The summed E-state index contributed by atoms with van der Waals surface area (Å²) in [6.45, 7) is 4.15. The molecule has 1 aliphatic heterocycles. The van der Waals surface area contributed by atoms with Crippen LogP contribution in [0.4, 0.5) is 5.69 Å². The van der Waals surface area contributed by atoms with E-state index in [0.29, 0.717) is 40.6 Å². The summed E-state index contributed by atoms with van der Waals surface area (Å²) in [5.74, 6) is -0.161. The lowest BCUT2D eigenvalue weighted by atomic mass is 9.79. The number of methoxy groups -OCH3 is 1. The molecule has 174 valence electrons. The van der Waals surface area contributed by atoms with Gasteiger partial charge in [0.15, 0.2) is 0 Å². The van der Waals surface area contributed by atoms with Gasteiger partial charge in [0.2, 0.25) is 5.88 Å². The molecule has 1 aliphatic carbocycles. The Morgan fingerprint density at radius 1 is 1.29 bits per heavy atom. The minimum absolute atomic E-state index is 0.00303. The van der Waals surface area contributed by atoms with E-state index in [1.165, 1.54) is 7.11 Å². The number of allylic oxidation sites excluding steroid dienone is 1. The number of benzene rings is 1. The van der Waals surface area contributed by atoms with Crippen LogP contribution in [0.1, 0.15) is 60.6 Å². The molecule has 0 amide bonds. The molecule has 4 rings (SSSR count). The van der Waals surface area contributed by atoms with Crippen molar-refractivity contribution < 1.29 is 19.0 Å². The van der Waals surface area contributed by atoms with Crippen LogP contribution in [0.2, 0.25) is 0 Å². The van der Waals surface area contributed by atoms with Crippen LogP contribution in [-0.4, -0.2) is 31.3 Å². The number of pyridine rings is 1. The zero-order valence-corrected chi connectivity index (χ0v) is 19.5. The van der Waals surface area contributed by atoms with E-state index in [2.05, 4.69) is 11.4 Å². The average Bonchev–Trinajstić information content (AvgIpc) is 3.32. The molecule has 1 N–H and O–H groups in total. The third-order valence-electron chi connectivity index (χ3n) is 6.14. The number of rotatable bonds is 7. The van der Waals surface area contributed by atoms with Crippen molar-refractivity contribution in [2.45, 2.75) is 45.4 Å². The summed E-state index contributed by atoms with van der Waals surface area (Å²) < 4.78 is 17.1. The van der Waals surface area contributed by atoms with E-state index >= 15 is 0 Å². The Hall–Kier alpha value is -4.04. The van der Waals surface area contributed by atoms with E-state index < -0.39 is 11.9 Å². The summed E-state index contributed by atoms with van der Waals surface area (Å²) >= 11 is 0. The van der Waals surface area contributed by atoms with Gasteiger partial charge in [-0.1, -0.05) is 6.07 Å². The standard InChI is InChI=1S/C26H26N4O4/c1-4-33-25-23-22(18-10-9-16(14-28)13-20(18)32-3)21(26(31)34-12-6-11-27)15(2)29-24(23)17-7-5-8-19(17)30-25/h9-10,13,22,29H,4-8,12H2,1-3H3. The number of carbonyl (C=O) groups is 1. The molecule has 34 heavy (non-hydrogen) atoms. The Bertz CT molecular complexity index is 1250. The number of aromatic nitrogens is 1. The lowest BCUT2D eigenvalue weighted by Gasteiger charge is -2.33. The number of aryl methyl sites for hydroxylation is 1. The first-order valence-electron chi connectivity index (χ1n) is 11.3. The summed E-state index contributed by atoms with van der Waals surface area (Å²) in [4.78, 5) is 18.2. The highest BCUT2D eigenvalue weighted by atomic mass is 16.5. The normalized spacial score (nSPS) is 16.0. The van der Waals surface area contributed by atoms with Crippen molar-refractivity contribution in [3.05, 3.63) is 57.4 Å². The molecule has 0 radical (unpaired) electrons. The highest BCUT2D eigenvalue weighted by Gasteiger charge is 2.40. The second kappa shape index (κ2) is 9.84. The molecule has 0 bridgehead atoms. The molecule has 1 atom stereocenters. The van der Waals surface area contributed by atoms with E-state index in [1.807, 2.05) is 19.9 Å². The molecule has 8 heteroatoms. The van der Waals surface area contributed by atoms with Crippen molar-refractivity contribution >= 4 is 11.7 Å². The van der Waals surface area contributed by atoms with E-state index in [9.17, 15) is 10.1 Å². The number of hydrogen-bond donors (Lipinski definition) is 1. The van der Waals surface area contributed by atoms with Gasteiger partial charge in [-0.3, -0.25) is 0 Å². The Morgan fingerprint density at radius 3 is 2.82 bits per heavy atom. The molecule has 2 aromatic rings. The van der Waals surface area contributed by atoms with Crippen molar-refractivity contribution in [3.63, 3.8) is 0 Å². The second-order valence-corrected chi connectivity index (χ2v) is 8.13. The highest BCUT2D eigenvalue weighted by Crippen LogP contribution is 2.51. The Balaban J connectivity index is 1.97. The molecule has 2 heterocycles. The van der Waals surface area contributed by atoms with E-state index in [1.54, 1.807) is 18.2 Å². The number of esters is 1. The summed E-state index contributed by atoms with van der Waals surface area (Å²) in [7, 11) is 1.54. The summed E-state index contributed by atoms with van der Waals surface area (Å²) in [5.41, 5.74) is 6.02. The molecule has 8 nitrogen and oxygen atoms in total. The van der Waals surface area contributed by atoms with Gasteiger partial charge in [-0.15, -0.1) is 0 Å². The van der Waals surface area contributed by atoms with Crippen LogP contribution in [0.5, 0.6) is 11.6 Å². The fourth-order valence-electron chi connectivity index (χ4n) is 4.71. The van der Waals surface area contributed by atoms with Crippen LogP contribution in [0.25, 0.3) is 0 Å². The number of fused-ring (bicyclic) bond motifs is 3. The molecule has 1 unspecified atom stereocenters. The van der Waals surface area contributed by atoms with E-state index in [4.69, 9.17) is 24.5 Å². The summed E-state index contributed by atoms with van der Waals surface area (Å²) in [5, 5.41) is 21.7. The van der Waals surface area contributed by atoms with Crippen molar-refractivity contribution in [1.82, 2.24) is 4.98 Å². The Labute approximate surface area is 198 Å². The first kappa shape index (κ1) is 23.1. The molecular formula is C26H26N4O4. The predicted octanol–water partition coefficient (Wildman–Crippen LogP) is 4.14. The minimum atomic E-state index is -0.589. The summed E-state index contributed by atoms with van der Waals surface area (Å²) in [6.07, 6.45) is 2.87. The quantitative estimate of drug-likeness (QED) is 0.486. The molecular weight excluding hydrogens is 432 g/mol. The first-order valence-corrected chi connectivity index (χ1v) is 11.3. The molecule has 0 spiro atoms. The van der Waals surface area contributed by atoms with Crippen molar-refractivity contribution in [3.8, 4) is 23.8 Å². The van der Waals surface area contributed by atoms with Gasteiger partial charge in [0.05, 0.1) is 60.6 Å². The van der Waals surface area contributed by atoms with Crippen LogP contribution in [-0.2, 0) is 22.4 Å². The zero-order valence-electron chi connectivity index (χ0n) is 19.5. The average molecular weight is 459 g/mol. The third-order valence-corrected chi connectivity index (χ3v) is 6.14. The van der Waals surface area contributed by atoms with Gasteiger partial charge in [-0.05, 0) is 50.8 Å². The largest absolute Gasteiger partial charge is 0.496 e. The molecule has 1 aromatic carbocycles. The number of ether oxygens (including phenoxy) is 3. The number of carbonyl (C=O) groups excluding carboxylic acids is 1. The second-order valence-electron chi connectivity index (χ2n) is 8.13. The van der Waals surface area contributed by atoms with Crippen molar-refractivity contribution in [2.24, 2.45) is 0 Å². The van der Waals surface area contributed by atoms with Crippen LogP contribution in [0.3, 0.4) is 0 Å². The lowest BCUT2D eigenvalue weighted by molar-refractivity contribution is -0.139. The van der Waals surface area contributed by atoms with Crippen LogP contribution in [0, 0.1) is 22.7 Å². The highest BCUT2D eigenvalue weighted by molar-refractivity contribution is 5.96. The Kier molecular flexibility index (Phi) is 6.70. The van der Waals surface area contributed by atoms with Gasteiger partial charge >= 0.3 is 5.97 Å². The van der Waals surface area contributed by atoms with Gasteiger partial charge in [0.1, 0.15) is 12.4 Å². The third kappa shape index (κ3) is 4.04. The number of anilines is 1. The van der Waals surface area contributed by atoms with Gasteiger partial charge in [-0.25, -0.2) is 9.78 Å². The minimum Gasteiger partial charge on any atom is -0.496 e. The molecule has 2 aliphatic rings. The molecule has 1 aromatic heterocycles. The Morgan fingerprint density at radius 2 is 2.12 bits per heavy atom. The molecule has 0 saturated carbocycles. The van der Waals surface area contributed by atoms with Gasteiger partial charge in [0.25, 0.3) is 0 Å². The zero-order chi connectivity index (χ0) is 24.2. The smallest absolute Gasteiger partial charge is 0.336 e. The topological polar surface area (TPSA) is 117 Å². The van der Waals surface area contributed by atoms with E-state index in [-0.39, 0.29) is 13.0 Å². The summed E-state index contributed by atoms with van der Waals surface area (Å²) in [6, 6.07) is 9.28. The maximum Gasteiger partial charge on any atom is 0.336 e. The van der Waals surface area contributed by atoms with Gasteiger partial charge in [0, 0.05) is 17.0 Å². The molecule has 0 fully saturated rings. The first-order chi connectivity index (χ1) is 16.5. The number of nitrogens with zero attached hydrogens (tertiary/aromatic N) is 3. The van der Waals surface area contributed by atoms with Crippen LogP contribution >= 0.6 is 0 Å². The predicted molar refractivity (Wildman–Crippen MR) is 124 cm³/mol. The maximum absolute atomic E-state index is 13.3. The lowest BCUT2D eigenvalue weighted by Crippen LogP contribution is -2.27. The van der Waals surface area contributed by atoms with Crippen molar-refractivity contribution in [2.75, 3.05) is 25.6 Å². The number of nitrogens with one attached hydrogen (secondary N) is 1. The van der Waals surface area contributed by atoms with Crippen LogP contribution in [0.15, 0.2) is 29.5 Å². The fraction of sp³-hybridized carbons (Fsp3) is 0.385. The van der Waals surface area contributed by atoms with Crippen LogP contribution < -0.4 is 14.8 Å². The number of hydrogen-bond acceptors (Lipinski definition) is 8. The van der Waals surface area contributed by atoms with Crippen molar-refractivity contribution in [1.29, 1.82) is 10.5 Å². The number of nitriles is 2. The van der Waals surface area contributed by atoms with Gasteiger partial charge in [-0.2, -0.15) is 10.5 Å². The fourth-order valence-corrected chi connectivity index (χ4v) is 4.71. The SMILES string of the molecule is CCOc1nc2c(c3c1C(c1ccc(C#N)cc1OC)C(C(=O)OCCC#N)=C(C)N3)CCC2. The van der Waals surface area contributed by atoms with Gasteiger partial charge < -0.3 is 19.5 Å². The molecule has 0 saturated heterocycles. The van der Waals surface area contributed by atoms with E-state index in [0.717, 1.165) is 41.8 Å². The maximum atomic E-state index is 13.3.